The first-order valence-electron chi connectivity index (χ1n) is 12.3. The summed E-state index contributed by atoms with van der Waals surface area (Å²) in [5.74, 6) is 0.222. The van der Waals surface area contributed by atoms with E-state index in [1.54, 1.807) is 4.90 Å². The highest BCUT2D eigenvalue weighted by molar-refractivity contribution is 5.69. The largest absolute Gasteiger partial charge is 0.446 e. The minimum atomic E-state index is -4.49. The molecule has 4 aliphatic rings. The Hall–Kier alpha value is -2.92. The Morgan fingerprint density at radius 1 is 1.06 bits per heavy atom. The van der Waals surface area contributed by atoms with Crippen molar-refractivity contribution in [3.05, 3.63) is 53.9 Å². The first kappa shape index (κ1) is 23.5. The third kappa shape index (κ3) is 4.50. The third-order valence-corrected chi connectivity index (χ3v) is 7.68. The number of ether oxygens (including phenoxy) is 2. The van der Waals surface area contributed by atoms with Crippen molar-refractivity contribution in [1.82, 2.24) is 19.8 Å². The van der Waals surface area contributed by atoms with E-state index < -0.39 is 11.7 Å². The van der Waals surface area contributed by atoms with Gasteiger partial charge in [-0.1, -0.05) is 30.3 Å². The van der Waals surface area contributed by atoms with E-state index in [0.717, 1.165) is 44.9 Å². The lowest BCUT2D eigenvalue weighted by molar-refractivity contribution is -0.138. The molecule has 2 aromatic rings. The van der Waals surface area contributed by atoms with Gasteiger partial charge in [-0.3, -0.25) is 4.90 Å². The Bertz CT molecular complexity index is 1070. The molecule has 8 nitrogen and oxygen atoms in total. The van der Waals surface area contributed by atoms with Gasteiger partial charge in [0.1, 0.15) is 6.10 Å². The van der Waals surface area contributed by atoms with Gasteiger partial charge in [-0.05, 0) is 18.4 Å². The molecule has 1 aromatic heterocycles. The molecule has 1 spiro atoms. The van der Waals surface area contributed by atoms with Crippen LogP contribution in [0.15, 0.2) is 42.7 Å². The zero-order chi connectivity index (χ0) is 24.9. The Morgan fingerprint density at radius 3 is 2.31 bits per heavy atom. The number of benzene rings is 1. The fourth-order valence-electron chi connectivity index (χ4n) is 6.06. The second-order valence-corrected chi connectivity index (χ2v) is 10.5. The molecule has 2 atom stereocenters. The highest BCUT2D eigenvalue weighted by atomic mass is 19.4. The van der Waals surface area contributed by atoms with Gasteiger partial charge in [-0.15, -0.1) is 0 Å². The summed E-state index contributed by atoms with van der Waals surface area (Å²) >= 11 is 0. The topological polar surface area (TPSA) is 71.0 Å². The normalized spacial score (nSPS) is 25.9. The average Bonchev–Trinajstić information content (AvgIpc) is 2.80. The summed E-state index contributed by atoms with van der Waals surface area (Å²) in [5.41, 5.74) is 0.690. The third-order valence-electron chi connectivity index (χ3n) is 7.68. The fraction of sp³-hybridized carbons (Fsp3) is 0.560. The van der Waals surface area contributed by atoms with Crippen molar-refractivity contribution in [3.63, 3.8) is 0 Å². The van der Waals surface area contributed by atoms with Crippen LogP contribution in [0.3, 0.4) is 0 Å². The number of hydrogen-bond donors (Lipinski definition) is 0. The van der Waals surface area contributed by atoms with E-state index in [-0.39, 0.29) is 35.6 Å². The summed E-state index contributed by atoms with van der Waals surface area (Å²) in [6, 6.07) is 9.93. The van der Waals surface area contributed by atoms with Crippen molar-refractivity contribution in [3.8, 4) is 0 Å². The van der Waals surface area contributed by atoms with Gasteiger partial charge in [0.2, 0.25) is 5.95 Å². The number of alkyl halides is 3. The van der Waals surface area contributed by atoms with Gasteiger partial charge in [0.25, 0.3) is 0 Å². The van der Waals surface area contributed by atoms with E-state index >= 15 is 0 Å². The Kier molecular flexibility index (Phi) is 5.79. The molecule has 4 heterocycles. The smallest absolute Gasteiger partial charge is 0.419 e. The minimum Gasteiger partial charge on any atom is -0.446 e. The van der Waals surface area contributed by atoms with E-state index in [9.17, 15) is 18.0 Å². The molecule has 11 heteroatoms. The van der Waals surface area contributed by atoms with Crippen LogP contribution in [0.5, 0.6) is 0 Å². The Labute approximate surface area is 207 Å². The van der Waals surface area contributed by atoms with Crippen molar-refractivity contribution in [1.29, 1.82) is 0 Å². The van der Waals surface area contributed by atoms with E-state index in [0.29, 0.717) is 26.3 Å². The molecule has 2 bridgehead atoms. The molecule has 6 rings (SSSR count). The number of carbonyl (C=O) groups excluding carboxylic acids is 1. The molecule has 1 saturated carbocycles. The molecule has 36 heavy (non-hydrogen) atoms. The number of rotatable bonds is 4. The molecule has 3 aliphatic heterocycles. The highest BCUT2D eigenvalue weighted by Crippen LogP contribution is 2.50. The lowest BCUT2D eigenvalue weighted by Crippen LogP contribution is -2.67. The summed E-state index contributed by atoms with van der Waals surface area (Å²) in [7, 11) is 0. The first-order chi connectivity index (χ1) is 17.3. The van der Waals surface area contributed by atoms with Gasteiger partial charge in [-0.25, -0.2) is 14.8 Å². The van der Waals surface area contributed by atoms with Crippen molar-refractivity contribution >= 4 is 12.0 Å². The van der Waals surface area contributed by atoms with Gasteiger partial charge in [-0.2, -0.15) is 13.2 Å². The van der Waals surface area contributed by atoms with E-state index in [4.69, 9.17) is 9.47 Å². The molecule has 2 unspecified atom stereocenters. The monoisotopic (exact) mass is 503 g/mol. The standard InChI is InChI=1S/C25H28F3N5O3/c26-25(27,28)18-8-29-22(30-9-18)33-19-11-32(12-20(33)14-35-13-19)23(34)36-21-6-24(7-21)15-31(16-24)10-17-4-2-1-3-5-17/h1-5,8-9,19-21H,6-7,10-16H2. The van der Waals surface area contributed by atoms with Gasteiger partial charge in [0, 0.05) is 50.5 Å². The van der Waals surface area contributed by atoms with Gasteiger partial charge < -0.3 is 19.3 Å². The molecule has 1 aromatic carbocycles. The van der Waals surface area contributed by atoms with E-state index in [2.05, 4.69) is 39.1 Å². The van der Waals surface area contributed by atoms with Crippen LogP contribution >= 0.6 is 0 Å². The second kappa shape index (κ2) is 8.88. The van der Waals surface area contributed by atoms with Gasteiger partial charge in [0.15, 0.2) is 0 Å². The van der Waals surface area contributed by atoms with Gasteiger partial charge in [0.05, 0.1) is 30.9 Å². The van der Waals surface area contributed by atoms with Crippen molar-refractivity contribution in [2.45, 2.75) is 43.8 Å². The number of piperazine rings is 1. The summed E-state index contributed by atoms with van der Waals surface area (Å²) in [5, 5.41) is 0. The molecule has 3 saturated heterocycles. The average molecular weight is 504 g/mol. The number of aromatic nitrogens is 2. The minimum absolute atomic E-state index is 0.0660. The van der Waals surface area contributed by atoms with Gasteiger partial charge >= 0.3 is 12.3 Å². The summed E-state index contributed by atoms with van der Waals surface area (Å²) < 4.78 is 50.1. The molecule has 192 valence electrons. The molecule has 0 radical (unpaired) electrons. The van der Waals surface area contributed by atoms with Crippen LogP contribution in [0, 0.1) is 5.41 Å². The van der Waals surface area contributed by atoms with Crippen LogP contribution < -0.4 is 4.90 Å². The first-order valence-corrected chi connectivity index (χ1v) is 12.3. The molecule has 0 N–H and O–H groups in total. The van der Waals surface area contributed by atoms with Crippen molar-refractivity contribution < 1.29 is 27.4 Å². The molecule has 1 amide bonds. The highest BCUT2D eigenvalue weighted by Gasteiger charge is 2.54. The summed E-state index contributed by atoms with van der Waals surface area (Å²) in [6.45, 7) is 4.39. The molecule has 1 aliphatic carbocycles. The number of morpholine rings is 1. The van der Waals surface area contributed by atoms with Crippen LogP contribution in [-0.4, -0.2) is 83.4 Å². The molecular formula is C25H28F3N5O3. The lowest BCUT2D eigenvalue weighted by atomic mass is 9.61. The van der Waals surface area contributed by atoms with Crippen LogP contribution in [0.2, 0.25) is 0 Å². The van der Waals surface area contributed by atoms with Crippen LogP contribution in [-0.2, 0) is 22.2 Å². The number of halogens is 3. The molecule has 4 fully saturated rings. The number of fused-ring (bicyclic) bond motifs is 2. The predicted molar refractivity (Wildman–Crippen MR) is 123 cm³/mol. The Balaban J connectivity index is 1.00. The number of likely N-dealkylation sites (tertiary alicyclic amines) is 1. The molecular weight excluding hydrogens is 475 g/mol. The number of amides is 1. The number of nitrogens with zero attached hydrogens (tertiary/aromatic N) is 5. The zero-order valence-corrected chi connectivity index (χ0v) is 19.7. The van der Waals surface area contributed by atoms with Crippen molar-refractivity contribution in [2.24, 2.45) is 5.41 Å². The summed E-state index contributed by atoms with van der Waals surface area (Å²) in [6.07, 6.45) is -1.51. The number of hydrogen-bond acceptors (Lipinski definition) is 7. The van der Waals surface area contributed by atoms with Crippen LogP contribution in [0.1, 0.15) is 24.0 Å². The van der Waals surface area contributed by atoms with E-state index in [1.807, 2.05) is 11.0 Å². The maximum atomic E-state index is 12.9. The Morgan fingerprint density at radius 2 is 1.69 bits per heavy atom. The zero-order valence-electron chi connectivity index (χ0n) is 19.7. The number of anilines is 1. The quantitative estimate of drug-likeness (QED) is 0.635. The van der Waals surface area contributed by atoms with Crippen molar-refractivity contribution in [2.75, 3.05) is 44.3 Å². The SMILES string of the molecule is O=C(OC1CC2(C1)CN(Cc1ccccc1)C2)N1CC2COCC(C1)N2c1ncc(C(F)(F)F)cn1. The maximum absolute atomic E-state index is 12.9. The second-order valence-electron chi connectivity index (χ2n) is 10.5. The van der Waals surface area contributed by atoms with Crippen LogP contribution in [0.4, 0.5) is 23.9 Å². The number of carbonyl (C=O) groups is 1. The fourth-order valence-corrected chi connectivity index (χ4v) is 6.06. The van der Waals surface area contributed by atoms with Crippen LogP contribution in [0.25, 0.3) is 0 Å². The maximum Gasteiger partial charge on any atom is 0.419 e. The lowest BCUT2D eigenvalue weighted by Gasteiger charge is -2.58. The predicted octanol–water partition coefficient (Wildman–Crippen LogP) is 3.19. The summed E-state index contributed by atoms with van der Waals surface area (Å²) in [4.78, 5) is 26.8. The van der Waals surface area contributed by atoms with E-state index in [1.165, 1.54) is 5.56 Å².